The highest BCUT2D eigenvalue weighted by atomic mass is 19.4. The van der Waals surface area contributed by atoms with Crippen LogP contribution in [0.15, 0.2) is 24.5 Å². The van der Waals surface area contributed by atoms with E-state index in [1.807, 2.05) is 0 Å². The Morgan fingerprint density at radius 2 is 1.97 bits per heavy atom. The molecule has 0 aromatic carbocycles. The predicted octanol–water partition coefficient (Wildman–Crippen LogP) is 1.65. The third kappa shape index (κ3) is 4.59. The number of aliphatic hydroxyl groups excluding tert-OH is 1. The molecule has 0 saturated carbocycles. The molecule has 174 valence electrons. The molecule has 9 nitrogen and oxygen atoms in total. The Bertz CT molecular complexity index is 1000. The number of carbonyl (C=O) groups is 2. The Labute approximate surface area is 182 Å². The van der Waals surface area contributed by atoms with Gasteiger partial charge in [0, 0.05) is 26.2 Å². The predicted molar refractivity (Wildman–Crippen MR) is 107 cm³/mol. The van der Waals surface area contributed by atoms with Crippen LogP contribution < -0.4 is 5.32 Å². The summed E-state index contributed by atoms with van der Waals surface area (Å²) in [5, 5.41) is 20.3. The lowest BCUT2D eigenvalue weighted by atomic mass is 9.85. The van der Waals surface area contributed by atoms with Crippen molar-refractivity contribution in [2.45, 2.75) is 51.6 Å². The first-order valence-corrected chi connectivity index (χ1v) is 9.99. The normalized spacial score (nSPS) is 20.3. The van der Waals surface area contributed by atoms with Gasteiger partial charge in [-0.05, 0) is 17.5 Å². The van der Waals surface area contributed by atoms with Crippen LogP contribution in [-0.4, -0.2) is 67.5 Å². The number of likely N-dealkylation sites (tertiary alicyclic amines) is 1. The van der Waals surface area contributed by atoms with Crippen molar-refractivity contribution < 1.29 is 27.9 Å². The molecule has 2 amide bonds. The fraction of sp³-hybridized carbons (Fsp3) is 0.550. The monoisotopic (exact) mass is 454 g/mol. The van der Waals surface area contributed by atoms with Gasteiger partial charge in [0.2, 0.25) is 11.8 Å². The third-order valence-corrected chi connectivity index (χ3v) is 5.30. The summed E-state index contributed by atoms with van der Waals surface area (Å²) in [7, 11) is 1.44. The summed E-state index contributed by atoms with van der Waals surface area (Å²) in [5.74, 6) is -0.902. The third-order valence-electron chi connectivity index (χ3n) is 5.30. The molecule has 1 fully saturated rings. The van der Waals surface area contributed by atoms with Crippen molar-refractivity contribution in [1.29, 1.82) is 0 Å². The number of aliphatic hydroxyl groups is 1. The number of nitrogens with one attached hydrogen (secondary N) is 1. The Hall–Kier alpha value is -3.02. The molecule has 3 atom stereocenters. The van der Waals surface area contributed by atoms with E-state index in [-0.39, 0.29) is 18.7 Å². The summed E-state index contributed by atoms with van der Waals surface area (Å²) in [6, 6.07) is 0.227. The standard InChI is InChI=1S/C20H25F3N6O3/c1-19(2,3)16(18(32)28-9-11(30)8-14(28)17(31)24-4)29-10-13(26-27-29)15-12(20(21,22)23)6-5-7-25-15/h5-7,10-11,14,16,30H,8-9H2,1-4H3,(H,24,31)/t11?,14-,16?/m1/s1. The van der Waals surface area contributed by atoms with Gasteiger partial charge in [-0.2, -0.15) is 13.2 Å². The summed E-state index contributed by atoms with van der Waals surface area (Å²) in [6.45, 7) is 5.25. The lowest BCUT2D eigenvalue weighted by Gasteiger charge is -2.34. The zero-order chi connectivity index (χ0) is 23.8. The number of pyridine rings is 1. The van der Waals surface area contributed by atoms with Crippen LogP contribution in [-0.2, 0) is 15.8 Å². The van der Waals surface area contributed by atoms with Gasteiger partial charge < -0.3 is 15.3 Å². The van der Waals surface area contributed by atoms with Crippen LogP contribution in [0.2, 0.25) is 0 Å². The van der Waals surface area contributed by atoms with E-state index in [1.54, 1.807) is 20.8 Å². The minimum atomic E-state index is -4.64. The molecule has 1 aliphatic heterocycles. The molecule has 0 bridgehead atoms. The molecule has 0 radical (unpaired) electrons. The van der Waals surface area contributed by atoms with Crippen LogP contribution in [0.3, 0.4) is 0 Å². The molecular formula is C20H25F3N6O3. The molecule has 2 aromatic heterocycles. The second kappa shape index (κ2) is 8.49. The minimum absolute atomic E-state index is 0.0382. The number of aromatic nitrogens is 4. The number of halogens is 3. The van der Waals surface area contributed by atoms with Crippen LogP contribution in [0.4, 0.5) is 13.2 Å². The molecule has 2 N–H and O–H groups in total. The van der Waals surface area contributed by atoms with Crippen LogP contribution in [0.25, 0.3) is 11.4 Å². The van der Waals surface area contributed by atoms with E-state index in [1.165, 1.54) is 35.1 Å². The lowest BCUT2D eigenvalue weighted by molar-refractivity contribution is -0.144. The zero-order valence-corrected chi connectivity index (χ0v) is 18.1. The van der Waals surface area contributed by atoms with Gasteiger partial charge in [-0.15, -0.1) is 5.10 Å². The SMILES string of the molecule is CNC(=O)[C@H]1CC(O)CN1C(=O)C(n1cc(-c2ncccc2C(F)(F)F)nn1)C(C)(C)C. The largest absolute Gasteiger partial charge is 0.418 e. The summed E-state index contributed by atoms with van der Waals surface area (Å²) >= 11 is 0. The van der Waals surface area contributed by atoms with E-state index >= 15 is 0 Å². The highest BCUT2D eigenvalue weighted by molar-refractivity contribution is 5.90. The molecular weight excluding hydrogens is 429 g/mol. The average molecular weight is 454 g/mol. The molecule has 12 heteroatoms. The Kier molecular flexibility index (Phi) is 6.27. The highest BCUT2D eigenvalue weighted by Gasteiger charge is 2.45. The lowest BCUT2D eigenvalue weighted by Crippen LogP contribution is -2.49. The quantitative estimate of drug-likeness (QED) is 0.727. The van der Waals surface area contributed by atoms with Crippen molar-refractivity contribution in [3.63, 3.8) is 0 Å². The topological polar surface area (TPSA) is 113 Å². The maximum atomic E-state index is 13.5. The van der Waals surface area contributed by atoms with Gasteiger partial charge in [0.05, 0.1) is 17.9 Å². The van der Waals surface area contributed by atoms with E-state index in [2.05, 4.69) is 20.6 Å². The number of likely N-dealkylation sites (N-methyl/N-ethyl adjacent to an activating group) is 1. The number of carbonyl (C=O) groups excluding carboxylic acids is 2. The first-order valence-electron chi connectivity index (χ1n) is 9.99. The highest BCUT2D eigenvalue weighted by Crippen LogP contribution is 2.37. The molecule has 3 heterocycles. The smallest absolute Gasteiger partial charge is 0.391 e. The molecule has 1 aliphatic rings. The van der Waals surface area contributed by atoms with Gasteiger partial charge in [0.15, 0.2) is 0 Å². The van der Waals surface area contributed by atoms with Crippen LogP contribution in [0.1, 0.15) is 38.8 Å². The minimum Gasteiger partial charge on any atom is -0.391 e. The van der Waals surface area contributed by atoms with Crippen LogP contribution >= 0.6 is 0 Å². The van der Waals surface area contributed by atoms with Crippen LogP contribution in [0, 0.1) is 5.41 Å². The molecule has 3 rings (SSSR count). The van der Waals surface area contributed by atoms with Gasteiger partial charge in [-0.3, -0.25) is 14.6 Å². The van der Waals surface area contributed by atoms with Crippen molar-refractivity contribution in [2.24, 2.45) is 5.41 Å². The molecule has 32 heavy (non-hydrogen) atoms. The Morgan fingerprint density at radius 1 is 1.28 bits per heavy atom. The second-order valence-electron chi connectivity index (χ2n) is 8.76. The van der Waals surface area contributed by atoms with E-state index < -0.39 is 52.9 Å². The van der Waals surface area contributed by atoms with Gasteiger partial charge in [-0.25, -0.2) is 4.68 Å². The van der Waals surface area contributed by atoms with E-state index in [0.717, 1.165) is 6.07 Å². The summed E-state index contributed by atoms with van der Waals surface area (Å²) in [6.07, 6.45) is -2.95. The van der Waals surface area contributed by atoms with Crippen molar-refractivity contribution in [2.75, 3.05) is 13.6 Å². The van der Waals surface area contributed by atoms with Gasteiger partial charge in [0.25, 0.3) is 0 Å². The van der Waals surface area contributed by atoms with E-state index in [9.17, 15) is 27.9 Å². The van der Waals surface area contributed by atoms with Gasteiger partial charge in [-0.1, -0.05) is 26.0 Å². The van der Waals surface area contributed by atoms with Crippen LogP contribution in [0.5, 0.6) is 0 Å². The fourth-order valence-electron chi connectivity index (χ4n) is 3.86. The second-order valence-corrected chi connectivity index (χ2v) is 8.76. The number of alkyl halides is 3. The molecule has 0 aliphatic carbocycles. The van der Waals surface area contributed by atoms with Crippen molar-refractivity contribution in [3.05, 3.63) is 30.1 Å². The molecule has 0 spiro atoms. The first kappa shape index (κ1) is 23.6. The molecule has 2 unspecified atom stereocenters. The molecule has 2 aromatic rings. The Balaban J connectivity index is 2.01. The maximum Gasteiger partial charge on any atom is 0.418 e. The van der Waals surface area contributed by atoms with E-state index in [4.69, 9.17) is 0 Å². The zero-order valence-electron chi connectivity index (χ0n) is 18.1. The summed E-state index contributed by atoms with van der Waals surface area (Å²) < 4.78 is 41.4. The summed E-state index contributed by atoms with van der Waals surface area (Å²) in [4.78, 5) is 30.8. The summed E-state index contributed by atoms with van der Waals surface area (Å²) in [5.41, 5.74) is -2.23. The number of β-amino-alcohol motifs (C(OH)–C–C–N with tert-alkyl or cyclic N) is 1. The van der Waals surface area contributed by atoms with E-state index in [0.29, 0.717) is 0 Å². The average Bonchev–Trinajstić information content (AvgIpc) is 3.32. The van der Waals surface area contributed by atoms with Gasteiger partial charge in [0.1, 0.15) is 23.5 Å². The van der Waals surface area contributed by atoms with Crippen molar-refractivity contribution in [1.82, 2.24) is 30.2 Å². The number of hydrogen-bond acceptors (Lipinski definition) is 6. The van der Waals surface area contributed by atoms with Crippen molar-refractivity contribution >= 4 is 11.8 Å². The number of nitrogens with zero attached hydrogens (tertiary/aromatic N) is 5. The number of rotatable bonds is 4. The first-order chi connectivity index (χ1) is 14.8. The Morgan fingerprint density at radius 3 is 2.56 bits per heavy atom. The number of amides is 2. The molecule has 1 saturated heterocycles. The fourth-order valence-corrected chi connectivity index (χ4v) is 3.86. The number of hydrogen-bond donors (Lipinski definition) is 2. The maximum absolute atomic E-state index is 13.5. The van der Waals surface area contributed by atoms with Gasteiger partial charge >= 0.3 is 6.18 Å². The van der Waals surface area contributed by atoms with Crippen molar-refractivity contribution in [3.8, 4) is 11.4 Å².